The Hall–Kier alpha value is -0.380. The maximum Gasteiger partial charge on any atom is 0.422 e. The second-order valence-electron chi connectivity index (χ2n) is 3.61. The first-order chi connectivity index (χ1) is 8.37. The van der Waals surface area contributed by atoms with Gasteiger partial charge in [0.1, 0.15) is 0 Å². The minimum Gasteiger partial charge on any atom is -0.446 e. The molecule has 0 aromatic heterocycles. The molecule has 0 saturated carbocycles. The van der Waals surface area contributed by atoms with Crippen LogP contribution < -0.4 is 9.44 Å². The van der Waals surface area contributed by atoms with E-state index in [1.165, 1.54) is 0 Å². The number of carbonyl (C=O) groups excluding carboxylic acids is 1. The van der Waals surface area contributed by atoms with Crippen molar-refractivity contribution in [2.75, 3.05) is 25.1 Å². The largest absolute Gasteiger partial charge is 0.446 e. The molecule has 9 heteroatoms. The topological polar surface area (TPSA) is 93.7 Å². The van der Waals surface area contributed by atoms with Gasteiger partial charge in [-0.1, -0.05) is 15.9 Å². The molecule has 0 aliphatic heterocycles. The molecule has 0 heterocycles. The van der Waals surface area contributed by atoms with Crippen LogP contribution in [-0.2, 0) is 19.7 Å². The van der Waals surface area contributed by atoms with Crippen molar-refractivity contribution in [3.05, 3.63) is 0 Å². The van der Waals surface area contributed by atoms with E-state index in [-0.39, 0.29) is 12.6 Å². The fourth-order valence-corrected chi connectivity index (χ4v) is 1.90. The van der Waals surface area contributed by atoms with Crippen molar-refractivity contribution < 1.29 is 22.7 Å². The summed E-state index contributed by atoms with van der Waals surface area (Å²) >= 11 is 3.20. The zero-order chi connectivity index (χ0) is 14.0. The van der Waals surface area contributed by atoms with Gasteiger partial charge in [-0.05, 0) is 20.3 Å². The highest BCUT2D eigenvalue weighted by molar-refractivity contribution is 9.09. The van der Waals surface area contributed by atoms with Crippen molar-refractivity contribution in [1.29, 1.82) is 0 Å². The maximum absolute atomic E-state index is 11.3. The lowest BCUT2D eigenvalue weighted by atomic mass is 10.5. The van der Waals surface area contributed by atoms with Crippen molar-refractivity contribution in [3.63, 3.8) is 0 Å². The molecule has 0 saturated heterocycles. The number of hydrogen-bond acceptors (Lipinski definition) is 5. The monoisotopic (exact) mass is 346 g/mol. The first kappa shape index (κ1) is 17.6. The summed E-state index contributed by atoms with van der Waals surface area (Å²) < 4.78 is 36.4. The Bertz CT molecular complexity index is 334. The van der Waals surface area contributed by atoms with Gasteiger partial charge in [0.05, 0.1) is 12.7 Å². The lowest BCUT2D eigenvalue weighted by molar-refractivity contribution is 0.121. The Balaban J connectivity index is 3.77. The summed E-state index contributed by atoms with van der Waals surface area (Å²) in [6.45, 7) is 4.46. The summed E-state index contributed by atoms with van der Waals surface area (Å²) in [6, 6.07) is 0. The quantitative estimate of drug-likeness (QED) is 0.474. The van der Waals surface area contributed by atoms with Gasteiger partial charge in [0, 0.05) is 18.5 Å². The van der Waals surface area contributed by atoms with Gasteiger partial charge in [-0.3, -0.25) is 0 Å². The summed E-state index contributed by atoms with van der Waals surface area (Å²) in [5.41, 5.74) is 0. The van der Waals surface area contributed by atoms with E-state index in [4.69, 9.17) is 4.74 Å². The highest BCUT2D eigenvalue weighted by Gasteiger charge is 2.15. The van der Waals surface area contributed by atoms with Crippen LogP contribution in [0.25, 0.3) is 0 Å². The Morgan fingerprint density at radius 2 is 2.00 bits per heavy atom. The molecule has 0 aliphatic rings. The predicted octanol–water partition coefficient (Wildman–Crippen LogP) is 0.757. The van der Waals surface area contributed by atoms with E-state index >= 15 is 0 Å². The average Bonchev–Trinajstić information content (AvgIpc) is 2.20. The van der Waals surface area contributed by atoms with Crippen LogP contribution in [0.1, 0.15) is 20.3 Å². The maximum atomic E-state index is 11.3. The van der Waals surface area contributed by atoms with Crippen molar-refractivity contribution in [2.24, 2.45) is 0 Å². The average molecular weight is 347 g/mol. The Labute approximate surface area is 116 Å². The lowest BCUT2D eigenvalue weighted by Crippen LogP contribution is -2.41. The molecule has 0 rings (SSSR count). The van der Waals surface area contributed by atoms with Crippen LogP contribution in [0, 0.1) is 0 Å². The van der Waals surface area contributed by atoms with Gasteiger partial charge >= 0.3 is 16.3 Å². The molecule has 18 heavy (non-hydrogen) atoms. The minimum atomic E-state index is -3.86. The van der Waals surface area contributed by atoms with Crippen LogP contribution in [-0.4, -0.2) is 45.7 Å². The number of amides is 1. The molecule has 0 radical (unpaired) electrons. The first-order valence-electron chi connectivity index (χ1n) is 5.49. The van der Waals surface area contributed by atoms with Crippen LogP contribution in [0.4, 0.5) is 4.79 Å². The van der Waals surface area contributed by atoms with E-state index in [2.05, 4.69) is 25.4 Å². The molecule has 0 spiro atoms. The molecule has 108 valence electrons. The number of rotatable bonds is 9. The fourth-order valence-electron chi connectivity index (χ4n) is 0.921. The minimum absolute atomic E-state index is 0.187. The van der Waals surface area contributed by atoms with Gasteiger partial charge in [-0.2, -0.15) is 13.1 Å². The van der Waals surface area contributed by atoms with E-state index < -0.39 is 16.3 Å². The number of ether oxygens (including phenoxy) is 2. The summed E-state index contributed by atoms with van der Waals surface area (Å²) in [6.07, 6.45) is -0.849. The summed E-state index contributed by atoms with van der Waals surface area (Å²) in [5.74, 6) is 0. The molecular weight excluding hydrogens is 328 g/mol. The molecule has 1 amide bonds. The van der Waals surface area contributed by atoms with Crippen molar-refractivity contribution >= 4 is 32.2 Å². The molecular formula is C9H19BrN2O5S. The second-order valence-corrected chi connectivity index (χ2v) is 5.90. The second kappa shape index (κ2) is 9.54. The van der Waals surface area contributed by atoms with Gasteiger partial charge in [0.25, 0.3) is 0 Å². The SMILES string of the molecule is CC(C)OC(=O)NS(=O)(=O)NCCCOCCBr. The first-order valence-corrected chi connectivity index (χ1v) is 8.09. The third-order valence-electron chi connectivity index (χ3n) is 1.54. The van der Waals surface area contributed by atoms with Crippen molar-refractivity contribution in [1.82, 2.24) is 9.44 Å². The molecule has 0 atom stereocenters. The summed E-state index contributed by atoms with van der Waals surface area (Å²) in [5, 5.41) is 0.737. The van der Waals surface area contributed by atoms with Gasteiger partial charge in [-0.25, -0.2) is 9.52 Å². The van der Waals surface area contributed by atoms with Crippen molar-refractivity contribution in [2.45, 2.75) is 26.4 Å². The van der Waals surface area contributed by atoms with Gasteiger partial charge in [-0.15, -0.1) is 0 Å². The third kappa shape index (κ3) is 10.8. The number of hydrogen-bond donors (Lipinski definition) is 2. The number of nitrogens with one attached hydrogen (secondary N) is 2. The normalized spacial score (nSPS) is 11.6. The van der Waals surface area contributed by atoms with Gasteiger partial charge < -0.3 is 9.47 Å². The van der Waals surface area contributed by atoms with Crippen LogP contribution in [0.2, 0.25) is 0 Å². The van der Waals surface area contributed by atoms with E-state index in [1.807, 2.05) is 0 Å². The van der Waals surface area contributed by atoms with Gasteiger partial charge in [0.2, 0.25) is 0 Å². The zero-order valence-corrected chi connectivity index (χ0v) is 12.8. The Kier molecular flexibility index (Phi) is 9.34. The molecule has 0 fully saturated rings. The number of carbonyl (C=O) groups is 1. The summed E-state index contributed by atoms with van der Waals surface area (Å²) in [7, 11) is -3.86. The summed E-state index contributed by atoms with van der Waals surface area (Å²) in [4.78, 5) is 11.1. The molecule has 0 unspecified atom stereocenters. The molecule has 7 nitrogen and oxygen atoms in total. The standard InChI is InChI=1S/C9H19BrN2O5S/c1-8(2)17-9(13)12-18(14,15)11-5-3-6-16-7-4-10/h8,11H,3-7H2,1-2H3,(H,12,13). The van der Waals surface area contributed by atoms with Crippen LogP contribution in [0.3, 0.4) is 0 Å². The predicted molar refractivity (Wildman–Crippen MR) is 70.9 cm³/mol. The smallest absolute Gasteiger partial charge is 0.422 e. The van der Waals surface area contributed by atoms with Crippen LogP contribution in [0.5, 0.6) is 0 Å². The Morgan fingerprint density at radius 1 is 1.33 bits per heavy atom. The molecule has 0 aromatic rings. The van der Waals surface area contributed by atoms with Crippen LogP contribution >= 0.6 is 15.9 Å². The third-order valence-corrected chi connectivity index (χ3v) is 2.88. The lowest BCUT2D eigenvalue weighted by Gasteiger charge is -2.10. The Morgan fingerprint density at radius 3 is 2.56 bits per heavy atom. The van der Waals surface area contributed by atoms with Gasteiger partial charge in [0.15, 0.2) is 0 Å². The number of alkyl halides is 1. The highest BCUT2D eigenvalue weighted by Crippen LogP contribution is 1.90. The van der Waals surface area contributed by atoms with Crippen molar-refractivity contribution in [3.8, 4) is 0 Å². The molecule has 2 N–H and O–H groups in total. The zero-order valence-electron chi connectivity index (χ0n) is 10.4. The number of halogens is 1. The van der Waals surface area contributed by atoms with E-state index in [0.29, 0.717) is 19.6 Å². The molecule has 0 bridgehead atoms. The molecule has 0 aliphatic carbocycles. The highest BCUT2D eigenvalue weighted by atomic mass is 79.9. The van der Waals surface area contributed by atoms with E-state index in [0.717, 1.165) is 5.33 Å². The van der Waals surface area contributed by atoms with E-state index in [9.17, 15) is 13.2 Å². The van der Waals surface area contributed by atoms with Crippen LogP contribution in [0.15, 0.2) is 0 Å². The fraction of sp³-hybridized carbons (Fsp3) is 0.889. The van der Waals surface area contributed by atoms with E-state index in [1.54, 1.807) is 18.6 Å². The molecule has 0 aromatic carbocycles.